The van der Waals surface area contributed by atoms with Gasteiger partial charge >= 0.3 is 0 Å². The third-order valence-corrected chi connectivity index (χ3v) is 3.66. The van der Waals surface area contributed by atoms with Crippen LogP contribution in [0.5, 0.6) is 23.0 Å². The molecule has 0 aliphatic heterocycles. The van der Waals surface area contributed by atoms with E-state index in [4.69, 9.17) is 18.6 Å². The zero-order chi connectivity index (χ0) is 17.8. The monoisotopic (exact) mass is 340 g/mol. The van der Waals surface area contributed by atoms with Crippen LogP contribution in [0.4, 0.5) is 0 Å². The predicted molar refractivity (Wildman–Crippen MR) is 96.1 cm³/mol. The first-order valence-electron chi connectivity index (χ1n) is 8.24. The molecule has 0 amide bonds. The number of rotatable bonds is 6. The van der Waals surface area contributed by atoms with Gasteiger partial charge in [-0.25, -0.2) is 0 Å². The van der Waals surface area contributed by atoms with Crippen LogP contribution in [0.25, 0.3) is 11.0 Å². The molecule has 0 bridgehead atoms. The first-order valence-corrected chi connectivity index (χ1v) is 8.24. The van der Waals surface area contributed by atoms with E-state index >= 15 is 0 Å². The van der Waals surface area contributed by atoms with Gasteiger partial charge in [0.15, 0.2) is 11.5 Å². The lowest BCUT2D eigenvalue weighted by Gasteiger charge is -2.12. The second kappa shape index (κ2) is 7.30. The van der Waals surface area contributed by atoms with E-state index < -0.39 is 0 Å². The van der Waals surface area contributed by atoms with Crippen molar-refractivity contribution >= 4 is 11.0 Å². The van der Waals surface area contributed by atoms with Crippen molar-refractivity contribution in [2.75, 3.05) is 13.2 Å². The van der Waals surface area contributed by atoms with Crippen LogP contribution < -0.4 is 19.6 Å². The van der Waals surface area contributed by atoms with E-state index in [1.807, 2.05) is 26.0 Å². The molecular weight excluding hydrogens is 320 g/mol. The standard InChI is InChI=1S/C20H20O5/c1-4-22-14-10-11-15-18(12-14)24-13(3)20(19(15)21)25-17-9-7-6-8-16(17)23-5-2/h6-12H,4-5H2,1-3H3. The maximum absolute atomic E-state index is 12.8. The van der Waals surface area contributed by atoms with Crippen LogP contribution >= 0.6 is 0 Å². The molecule has 0 radical (unpaired) electrons. The Morgan fingerprint density at radius 3 is 2.40 bits per heavy atom. The van der Waals surface area contributed by atoms with Crippen LogP contribution in [-0.4, -0.2) is 13.2 Å². The molecule has 0 N–H and O–H groups in total. The van der Waals surface area contributed by atoms with Crippen molar-refractivity contribution in [1.29, 1.82) is 0 Å². The fraction of sp³-hybridized carbons (Fsp3) is 0.250. The summed E-state index contributed by atoms with van der Waals surface area (Å²) in [6.07, 6.45) is 0. The van der Waals surface area contributed by atoms with Gasteiger partial charge in [0.2, 0.25) is 11.2 Å². The van der Waals surface area contributed by atoms with Crippen LogP contribution in [0.3, 0.4) is 0 Å². The minimum atomic E-state index is -0.229. The first kappa shape index (κ1) is 16.9. The Hall–Kier alpha value is -2.95. The maximum Gasteiger partial charge on any atom is 0.235 e. The van der Waals surface area contributed by atoms with E-state index in [9.17, 15) is 4.79 Å². The fourth-order valence-corrected chi connectivity index (χ4v) is 2.56. The van der Waals surface area contributed by atoms with Gasteiger partial charge in [0.25, 0.3) is 0 Å². The summed E-state index contributed by atoms with van der Waals surface area (Å²) >= 11 is 0. The third-order valence-electron chi connectivity index (χ3n) is 3.66. The molecule has 1 heterocycles. The number of hydrogen-bond acceptors (Lipinski definition) is 5. The molecule has 0 saturated heterocycles. The number of ether oxygens (including phenoxy) is 3. The van der Waals surface area contributed by atoms with Crippen LogP contribution in [0.2, 0.25) is 0 Å². The van der Waals surface area contributed by atoms with Crippen LogP contribution in [0.15, 0.2) is 51.7 Å². The van der Waals surface area contributed by atoms with Crippen molar-refractivity contribution in [2.24, 2.45) is 0 Å². The summed E-state index contributed by atoms with van der Waals surface area (Å²) in [7, 11) is 0. The smallest absolute Gasteiger partial charge is 0.235 e. The zero-order valence-electron chi connectivity index (χ0n) is 14.5. The molecule has 5 heteroatoms. The van der Waals surface area contributed by atoms with E-state index in [1.165, 1.54) is 0 Å². The summed E-state index contributed by atoms with van der Waals surface area (Å²) in [5.41, 5.74) is 0.243. The molecule has 25 heavy (non-hydrogen) atoms. The van der Waals surface area contributed by atoms with Crippen molar-refractivity contribution in [1.82, 2.24) is 0 Å². The van der Waals surface area contributed by atoms with Gasteiger partial charge in [-0.3, -0.25) is 4.79 Å². The van der Waals surface area contributed by atoms with Gasteiger partial charge in [-0.2, -0.15) is 0 Å². The number of aryl methyl sites for hydroxylation is 1. The van der Waals surface area contributed by atoms with E-state index in [0.717, 1.165) is 0 Å². The summed E-state index contributed by atoms with van der Waals surface area (Å²) in [6, 6.07) is 12.4. The normalized spacial score (nSPS) is 10.7. The van der Waals surface area contributed by atoms with Crippen molar-refractivity contribution in [3.63, 3.8) is 0 Å². The highest BCUT2D eigenvalue weighted by atomic mass is 16.5. The zero-order valence-corrected chi connectivity index (χ0v) is 14.5. The maximum atomic E-state index is 12.8. The van der Waals surface area contributed by atoms with Crippen molar-refractivity contribution in [3.05, 3.63) is 58.4 Å². The van der Waals surface area contributed by atoms with Gasteiger partial charge in [-0.05, 0) is 45.0 Å². The SMILES string of the molecule is CCOc1ccc2c(=O)c(Oc3ccccc3OCC)c(C)oc2c1. The van der Waals surface area contributed by atoms with Gasteiger partial charge in [0, 0.05) is 6.07 Å². The molecule has 3 aromatic rings. The summed E-state index contributed by atoms with van der Waals surface area (Å²) in [5, 5.41) is 0.443. The summed E-state index contributed by atoms with van der Waals surface area (Å²) in [5.74, 6) is 2.27. The van der Waals surface area contributed by atoms with Crippen LogP contribution in [0.1, 0.15) is 19.6 Å². The molecule has 5 nitrogen and oxygen atoms in total. The minimum Gasteiger partial charge on any atom is -0.494 e. The Balaban J connectivity index is 2.05. The molecule has 130 valence electrons. The quantitative estimate of drug-likeness (QED) is 0.651. The number of fused-ring (bicyclic) bond motifs is 1. The van der Waals surface area contributed by atoms with Crippen molar-refractivity contribution < 1.29 is 18.6 Å². The molecule has 0 fully saturated rings. The van der Waals surface area contributed by atoms with Gasteiger partial charge in [-0.15, -0.1) is 0 Å². The first-order chi connectivity index (χ1) is 12.1. The number of para-hydroxylation sites is 2. The fourth-order valence-electron chi connectivity index (χ4n) is 2.56. The molecule has 0 aliphatic carbocycles. The Morgan fingerprint density at radius 1 is 0.960 bits per heavy atom. The topological polar surface area (TPSA) is 57.9 Å². The molecule has 3 rings (SSSR count). The second-order valence-electron chi connectivity index (χ2n) is 5.39. The molecule has 1 aromatic heterocycles. The Labute approximate surface area is 145 Å². The van der Waals surface area contributed by atoms with Gasteiger partial charge in [0.05, 0.1) is 18.6 Å². The largest absolute Gasteiger partial charge is 0.494 e. The van der Waals surface area contributed by atoms with E-state index in [1.54, 1.807) is 37.3 Å². The van der Waals surface area contributed by atoms with Gasteiger partial charge in [0.1, 0.15) is 17.1 Å². The second-order valence-corrected chi connectivity index (χ2v) is 5.39. The van der Waals surface area contributed by atoms with Gasteiger partial charge in [-0.1, -0.05) is 12.1 Å². The molecular formula is C20H20O5. The lowest BCUT2D eigenvalue weighted by molar-refractivity contribution is 0.318. The van der Waals surface area contributed by atoms with E-state index in [0.29, 0.717) is 47.2 Å². The Bertz CT molecular complexity index is 942. The molecule has 0 spiro atoms. The molecule has 0 atom stereocenters. The average molecular weight is 340 g/mol. The van der Waals surface area contributed by atoms with Gasteiger partial charge < -0.3 is 18.6 Å². The van der Waals surface area contributed by atoms with E-state index in [-0.39, 0.29) is 11.2 Å². The highest BCUT2D eigenvalue weighted by Crippen LogP contribution is 2.32. The highest BCUT2D eigenvalue weighted by Gasteiger charge is 2.16. The summed E-state index contributed by atoms with van der Waals surface area (Å²) < 4.78 is 22.6. The van der Waals surface area contributed by atoms with Crippen molar-refractivity contribution in [3.8, 4) is 23.0 Å². The Morgan fingerprint density at radius 2 is 1.68 bits per heavy atom. The molecule has 0 aliphatic rings. The summed E-state index contributed by atoms with van der Waals surface area (Å²) in [6.45, 7) is 6.55. The average Bonchev–Trinajstić information content (AvgIpc) is 2.60. The Kier molecular flexibility index (Phi) is 4.93. The molecule has 0 saturated carbocycles. The van der Waals surface area contributed by atoms with Crippen LogP contribution in [0, 0.1) is 6.92 Å². The highest BCUT2D eigenvalue weighted by molar-refractivity contribution is 5.79. The summed E-state index contributed by atoms with van der Waals surface area (Å²) in [4.78, 5) is 12.8. The number of hydrogen-bond donors (Lipinski definition) is 0. The lowest BCUT2D eigenvalue weighted by atomic mass is 10.2. The molecule has 0 unspecified atom stereocenters. The third kappa shape index (κ3) is 3.45. The minimum absolute atomic E-state index is 0.156. The predicted octanol–water partition coefficient (Wildman–Crippen LogP) is 4.69. The molecule has 2 aromatic carbocycles. The lowest BCUT2D eigenvalue weighted by Crippen LogP contribution is -2.08. The van der Waals surface area contributed by atoms with E-state index in [2.05, 4.69) is 0 Å². The van der Waals surface area contributed by atoms with Crippen molar-refractivity contribution in [2.45, 2.75) is 20.8 Å². The number of benzene rings is 2. The van der Waals surface area contributed by atoms with Crippen LogP contribution in [-0.2, 0) is 0 Å².